The van der Waals surface area contributed by atoms with Gasteiger partial charge in [-0.15, -0.1) is 0 Å². The Morgan fingerprint density at radius 3 is 1.33 bits per heavy atom. The van der Waals surface area contributed by atoms with Gasteiger partial charge in [-0.05, 0) is 65.8 Å². The van der Waals surface area contributed by atoms with E-state index in [9.17, 15) is 0 Å². The van der Waals surface area contributed by atoms with E-state index in [-0.39, 0.29) is 0 Å². The van der Waals surface area contributed by atoms with E-state index in [0.29, 0.717) is 63.7 Å². The minimum Gasteiger partial charge on any atom is -0.309 e. The average Bonchev–Trinajstić information content (AvgIpc) is 3.32. The summed E-state index contributed by atoms with van der Waals surface area (Å²) < 4.78 is 2.18. The van der Waals surface area contributed by atoms with Crippen molar-refractivity contribution < 1.29 is 0 Å². The lowest BCUT2D eigenvalue weighted by Gasteiger charge is -2.13. The van der Waals surface area contributed by atoms with E-state index in [0.717, 1.165) is 38.6 Å². The van der Waals surface area contributed by atoms with Crippen LogP contribution in [0.25, 0.3) is 66.5 Å². The molecule has 0 radical (unpaired) electrons. The second-order valence-electron chi connectivity index (χ2n) is 10.9. The topological polar surface area (TPSA) is 125 Å². The SMILES string of the molecule is [C-]#[N+]c1ccc(-n2c3cc(-c4nc(C)nc(C)n4)ccc3c3ccc(-c4nc(C)nc(C)n4)cc32)cc1-c1nc(C)nc(C)n1. The first-order valence-electron chi connectivity index (χ1n) is 14.4. The molecule has 0 bridgehead atoms. The Morgan fingerprint density at radius 1 is 0.489 bits per heavy atom. The molecule has 11 nitrogen and oxygen atoms in total. The molecule has 0 aliphatic rings. The largest absolute Gasteiger partial charge is 0.309 e. The van der Waals surface area contributed by atoms with Crippen molar-refractivity contribution in [1.29, 1.82) is 0 Å². The van der Waals surface area contributed by atoms with Gasteiger partial charge in [0.1, 0.15) is 34.9 Å². The van der Waals surface area contributed by atoms with Gasteiger partial charge < -0.3 is 4.57 Å². The number of aryl methyl sites for hydroxylation is 6. The first-order chi connectivity index (χ1) is 21.7. The Bertz CT molecular complexity index is 2200. The van der Waals surface area contributed by atoms with E-state index < -0.39 is 0 Å². The van der Waals surface area contributed by atoms with Crippen molar-refractivity contribution in [2.75, 3.05) is 0 Å². The highest BCUT2D eigenvalue weighted by atomic mass is 15.0. The van der Waals surface area contributed by atoms with E-state index in [2.05, 4.69) is 78.5 Å². The van der Waals surface area contributed by atoms with Crippen molar-refractivity contribution in [3.05, 3.63) is 101 Å². The molecule has 0 amide bonds. The van der Waals surface area contributed by atoms with Crippen LogP contribution in [0, 0.1) is 48.1 Å². The van der Waals surface area contributed by atoms with Gasteiger partial charge in [-0.1, -0.05) is 30.3 Å². The second-order valence-corrected chi connectivity index (χ2v) is 10.9. The predicted molar refractivity (Wildman–Crippen MR) is 172 cm³/mol. The molecule has 0 aliphatic carbocycles. The van der Waals surface area contributed by atoms with Gasteiger partial charge in [0.15, 0.2) is 23.2 Å². The summed E-state index contributed by atoms with van der Waals surface area (Å²) in [5, 5.41) is 2.10. The third kappa shape index (κ3) is 5.02. The van der Waals surface area contributed by atoms with Crippen LogP contribution in [0.2, 0.25) is 0 Å². The fourth-order valence-electron chi connectivity index (χ4n) is 5.74. The van der Waals surface area contributed by atoms with Crippen molar-refractivity contribution in [2.45, 2.75) is 41.5 Å². The summed E-state index contributed by atoms with van der Waals surface area (Å²) in [7, 11) is 0. The normalized spacial score (nSPS) is 11.3. The van der Waals surface area contributed by atoms with Crippen LogP contribution < -0.4 is 0 Å². The molecule has 4 aromatic heterocycles. The van der Waals surface area contributed by atoms with Gasteiger partial charge in [-0.2, -0.15) is 0 Å². The number of nitrogens with zero attached hydrogens (tertiary/aromatic N) is 11. The zero-order valence-corrected chi connectivity index (χ0v) is 25.6. The van der Waals surface area contributed by atoms with Gasteiger partial charge in [0.05, 0.1) is 17.6 Å². The van der Waals surface area contributed by atoms with Gasteiger partial charge in [0.2, 0.25) is 0 Å². The lowest BCUT2D eigenvalue weighted by molar-refractivity contribution is 0.928. The number of aromatic nitrogens is 10. The highest BCUT2D eigenvalue weighted by Crippen LogP contribution is 2.38. The summed E-state index contributed by atoms with van der Waals surface area (Å²) in [5.74, 6) is 5.50. The van der Waals surface area contributed by atoms with E-state index in [1.165, 1.54) is 0 Å². The minimum absolute atomic E-state index is 0.457. The Morgan fingerprint density at radius 2 is 0.911 bits per heavy atom. The Kier molecular flexibility index (Phi) is 6.55. The molecule has 7 rings (SSSR count). The van der Waals surface area contributed by atoms with E-state index in [4.69, 9.17) is 6.57 Å². The van der Waals surface area contributed by atoms with Crippen LogP contribution >= 0.6 is 0 Å². The molecule has 7 aromatic rings. The molecule has 0 atom stereocenters. The second kappa shape index (κ2) is 10.6. The maximum absolute atomic E-state index is 7.87. The lowest BCUT2D eigenvalue weighted by atomic mass is 10.1. The Labute approximate surface area is 259 Å². The number of rotatable bonds is 4. The predicted octanol–water partition coefficient (Wildman–Crippen LogP) is 6.74. The summed E-state index contributed by atoms with van der Waals surface area (Å²) in [5.41, 5.74) is 5.56. The molecular formula is C34H27N11. The molecule has 0 spiro atoms. The number of hydrogen-bond donors (Lipinski definition) is 0. The quantitative estimate of drug-likeness (QED) is 0.205. The van der Waals surface area contributed by atoms with Gasteiger partial charge in [-0.3, -0.25) is 0 Å². The molecule has 0 saturated heterocycles. The first-order valence-corrected chi connectivity index (χ1v) is 14.4. The fraction of sp³-hybridized carbons (Fsp3) is 0.176. The molecule has 0 fully saturated rings. The van der Waals surface area contributed by atoms with Crippen LogP contribution in [-0.2, 0) is 0 Å². The lowest BCUT2D eigenvalue weighted by Crippen LogP contribution is -2.01. The van der Waals surface area contributed by atoms with Crippen LogP contribution in [0.15, 0.2) is 54.6 Å². The molecule has 3 aromatic carbocycles. The Hall–Kier alpha value is -6.02. The molecule has 218 valence electrons. The van der Waals surface area contributed by atoms with Crippen LogP contribution in [0.3, 0.4) is 0 Å². The minimum atomic E-state index is 0.457. The number of benzene rings is 3. The van der Waals surface area contributed by atoms with Crippen molar-refractivity contribution in [2.24, 2.45) is 0 Å². The van der Waals surface area contributed by atoms with Gasteiger partial charge in [0.25, 0.3) is 0 Å². The smallest absolute Gasteiger partial charge is 0.198 e. The summed E-state index contributed by atoms with van der Waals surface area (Å²) in [6.07, 6.45) is 0. The van der Waals surface area contributed by atoms with Crippen LogP contribution in [0.4, 0.5) is 5.69 Å². The van der Waals surface area contributed by atoms with Gasteiger partial charge in [0, 0.05) is 33.2 Å². The third-order valence-electron chi connectivity index (χ3n) is 7.46. The van der Waals surface area contributed by atoms with E-state index in [1.807, 2.05) is 71.9 Å². The summed E-state index contributed by atoms with van der Waals surface area (Å²) in [6, 6.07) is 18.2. The maximum Gasteiger partial charge on any atom is 0.198 e. The van der Waals surface area contributed by atoms with E-state index >= 15 is 0 Å². The van der Waals surface area contributed by atoms with E-state index in [1.54, 1.807) is 0 Å². The van der Waals surface area contributed by atoms with Crippen LogP contribution in [0.1, 0.15) is 34.9 Å². The number of hydrogen-bond acceptors (Lipinski definition) is 9. The van der Waals surface area contributed by atoms with Crippen molar-refractivity contribution in [1.82, 2.24) is 49.4 Å². The van der Waals surface area contributed by atoms with Gasteiger partial charge >= 0.3 is 0 Å². The highest BCUT2D eigenvalue weighted by Gasteiger charge is 2.19. The van der Waals surface area contributed by atoms with Crippen molar-refractivity contribution >= 4 is 27.5 Å². The molecule has 0 unspecified atom stereocenters. The standard InChI is InChI=1S/C34H27N11/c1-17-36-18(2)40-32(39-17)23-8-11-26-27-12-9-24(33-41-19(3)37-20(4)42-33)15-31(27)45(30(26)14-23)25-10-13-29(35-7)28(16-25)34-43-21(5)38-22(6)44-34/h8-16H,1-6H3. The van der Waals surface area contributed by atoms with Crippen LogP contribution in [0.5, 0.6) is 0 Å². The monoisotopic (exact) mass is 589 g/mol. The van der Waals surface area contributed by atoms with Crippen LogP contribution in [-0.4, -0.2) is 49.4 Å². The first kappa shape index (κ1) is 27.8. The summed E-state index contributed by atoms with van der Waals surface area (Å²) in [4.78, 5) is 44.5. The number of fused-ring (bicyclic) bond motifs is 3. The molecule has 0 saturated carbocycles. The summed E-state index contributed by atoms with van der Waals surface area (Å²) >= 11 is 0. The average molecular weight is 590 g/mol. The Balaban J connectivity index is 1.54. The maximum atomic E-state index is 7.87. The molecule has 0 N–H and O–H groups in total. The van der Waals surface area contributed by atoms with Gasteiger partial charge in [-0.25, -0.2) is 49.7 Å². The highest BCUT2D eigenvalue weighted by molar-refractivity contribution is 6.11. The molecule has 0 aliphatic heterocycles. The molecular weight excluding hydrogens is 562 g/mol. The third-order valence-corrected chi connectivity index (χ3v) is 7.46. The molecule has 11 heteroatoms. The van der Waals surface area contributed by atoms with Crippen molar-refractivity contribution in [3.8, 4) is 39.9 Å². The summed E-state index contributed by atoms with van der Waals surface area (Å²) in [6.45, 7) is 19.0. The van der Waals surface area contributed by atoms with Crippen molar-refractivity contribution in [3.63, 3.8) is 0 Å². The zero-order chi connectivity index (χ0) is 31.4. The fourth-order valence-corrected chi connectivity index (χ4v) is 5.74. The molecule has 4 heterocycles. The zero-order valence-electron chi connectivity index (χ0n) is 25.6. The molecule has 45 heavy (non-hydrogen) atoms.